The first-order valence-corrected chi connectivity index (χ1v) is 9.64. The molecule has 7 nitrogen and oxygen atoms in total. The number of carbonyl (C=O) groups is 1. The Morgan fingerprint density at radius 2 is 2.04 bits per heavy atom. The van der Waals surface area contributed by atoms with E-state index >= 15 is 0 Å². The van der Waals surface area contributed by atoms with E-state index in [1.54, 1.807) is 12.1 Å². The van der Waals surface area contributed by atoms with Crippen LogP contribution in [0.3, 0.4) is 0 Å². The Bertz CT molecular complexity index is 909. The van der Waals surface area contributed by atoms with Crippen LogP contribution >= 0.6 is 0 Å². The van der Waals surface area contributed by atoms with Crippen molar-refractivity contribution in [3.05, 3.63) is 48.0 Å². The van der Waals surface area contributed by atoms with Crippen molar-refractivity contribution in [2.75, 3.05) is 24.5 Å². The Labute approximate surface area is 151 Å². The van der Waals surface area contributed by atoms with E-state index in [4.69, 9.17) is 5.11 Å². The van der Waals surface area contributed by atoms with Crippen LogP contribution in [0.2, 0.25) is 0 Å². The molecule has 1 aromatic carbocycles. The predicted octanol–water partition coefficient (Wildman–Crippen LogP) is 1.67. The van der Waals surface area contributed by atoms with Crippen LogP contribution in [0.15, 0.2) is 41.4 Å². The number of aromatic nitrogens is 1. The zero-order chi connectivity index (χ0) is 18.9. The van der Waals surface area contributed by atoms with Crippen molar-refractivity contribution in [2.45, 2.75) is 11.3 Å². The third kappa shape index (κ3) is 3.88. The number of aryl methyl sites for hydroxylation is 1. The number of carboxylic acid groups (broad SMARTS) is 1. The van der Waals surface area contributed by atoms with E-state index in [9.17, 15) is 17.6 Å². The summed E-state index contributed by atoms with van der Waals surface area (Å²) in [5.74, 6) is -1.35. The van der Waals surface area contributed by atoms with Crippen LogP contribution in [0, 0.1) is 11.7 Å². The zero-order valence-corrected chi connectivity index (χ0v) is 15.0. The molecule has 0 spiro atoms. The first kappa shape index (κ1) is 18.4. The van der Waals surface area contributed by atoms with Gasteiger partial charge in [0.2, 0.25) is 10.0 Å². The van der Waals surface area contributed by atoms with Gasteiger partial charge in [0.1, 0.15) is 16.4 Å². The van der Waals surface area contributed by atoms with Gasteiger partial charge in [0, 0.05) is 38.6 Å². The maximum atomic E-state index is 13.0. The van der Waals surface area contributed by atoms with Gasteiger partial charge >= 0.3 is 5.97 Å². The Morgan fingerprint density at radius 3 is 2.65 bits per heavy atom. The molecule has 2 aromatic rings. The highest BCUT2D eigenvalue weighted by molar-refractivity contribution is 7.89. The van der Waals surface area contributed by atoms with Gasteiger partial charge in [0.25, 0.3) is 0 Å². The summed E-state index contributed by atoms with van der Waals surface area (Å²) in [6, 6.07) is 7.37. The van der Waals surface area contributed by atoms with Crippen molar-refractivity contribution >= 4 is 21.7 Å². The zero-order valence-electron chi connectivity index (χ0n) is 14.2. The van der Waals surface area contributed by atoms with Crippen molar-refractivity contribution in [2.24, 2.45) is 13.0 Å². The molecule has 1 unspecified atom stereocenters. The molecule has 3 rings (SSSR count). The lowest BCUT2D eigenvalue weighted by Crippen LogP contribution is -2.31. The fraction of sp³-hybridized carbons (Fsp3) is 0.353. The van der Waals surface area contributed by atoms with E-state index in [1.165, 1.54) is 29.9 Å². The summed E-state index contributed by atoms with van der Waals surface area (Å²) in [4.78, 5) is 13.1. The molecule has 26 heavy (non-hydrogen) atoms. The predicted molar refractivity (Wildman–Crippen MR) is 94.3 cm³/mol. The highest BCUT2D eigenvalue weighted by atomic mass is 32.2. The van der Waals surface area contributed by atoms with Crippen molar-refractivity contribution in [1.82, 2.24) is 9.29 Å². The van der Waals surface area contributed by atoms with E-state index in [1.807, 2.05) is 0 Å². The molecule has 9 heteroatoms. The molecule has 1 aliphatic rings. The van der Waals surface area contributed by atoms with Gasteiger partial charge in [0.15, 0.2) is 0 Å². The van der Waals surface area contributed by atoms with Gasteiger partial charge in [-0.15, -0.1) is 0 Å². The van der Waals surface area contributed by atoms with Gasteiger partial charge in [-0.05, 0) is 42.7 Å². The summed E-state index contributed by atoms with van der Waals surface area (Å²) < 4.78 is 41.6. The molecule has 0 amide bonds. The van der Waals surface area contributed by atoms with Crippen LogP contribution in [0.1, 0.15) is 16.9 Å². The smallest absolute Gasteiger partial charge is 0.352 e. The molecule has 1 atom stereocenters. The van der Waals surface area contributed by atoms with Gasteiger partial charge in [0.05, 0.1) is 0 Å². The van der Waals surface area contributed by atoms with Crippen LogP contribution in [-0.4, -0.2) is 43.7 Å². The highest BCUT2D eigenvalue weighted by Gasteiger charge is 2.26. The Morgan fingerprint density at radius 1 is 1.35 bits per heavy atom. The summed E-state index contributed by atoms with van der Waals surface area (Å²) >= 11 is 0. The molecule has 2 heterocycles. The second-order valence-electron chi connectivity index (χ2n) is 6.41. The molecule has 0 saturated carbocycles. The molecule has 1 fully saturated rings. The number of hydrogen-bond acceptors (Lipinski definition) is 4. The second-order valence-corrected chi connectivity index (χ2v) is 8.17. The van der Waals surface area contributed by atoms with Crippen molar-refractivity contribution in [1.29, 1.82) is 0 Å². The van der Waals surface area contributed by atoms with Crippen molar-refractivity contribution < 1.29 is 22.7 Å². The average molecular weight is 381 g/mol. The van der Waals surface area contributed by atoms with Gasteiger partial charge in [-0.25, -0.2) is 22.3 Å². The Balaban J connectivity index is 1.61. The van der Waals surface area contributed by atoms with Crippen LogP contribution in [-0.2, 0) is 17.1 Å². The first-order valence-electron chi connectivity index (χ1n) is 8.16. The summed E-state index contributed by atoms with van der Waals surface area (Å²) in [6.07, 6.45) is 2.10. The molecule has 2 N–H and O–H groups in total. The minimum absolute atomic E-state index is 0.0641. The number of hydrogen-bond donors (Lipinski definition) is 2. The maximum Gasteiger partial charge on any atom is 0.352 e. The number of halogens is 1. The Hall–Kier alpha value is -2.39. The number of nitrogens with zero attached hydrogens (tertiary/aromatic N) is 2. The Kier molecular flexibility index (Phi) is 5.01. The topological polar surface area (TPSA) is 91.6 Å². The fourth-order valence-electron chi connectivity index (χ4n) is 3.09. The maximum absolute atomic E-state index is 13.0. The van der Waals surface area contributed by atoms with E-state index in [2.05, 4.69) is 9.62 Å². The molecule has 0 bridgehead atoms. The quantitative estimate of drug-likeness (QED) is 0.794. The minimum atomic E-state index is -3.77. The van der Waals surface area contributed by atoms with Crippen LogP contribution in [0.5, 0.6) is 0 Å². The van der Waals surface area contributed by atoms with Gasteiger partial charge in [-0.2, -0.15) is 0 Å². The lowest BCUT2D eigenvalue weighted by molar-refractivity contribution is 0.0686. The van der Waals surface area contributed by atoms with Gasteiger partial charge < -0.3 is 14.6 Å². The molecular weight excluding hydrogens is 361 g/mol. The molecular formula is C17H20FN3O4S. The molecule has 0 aliphatic carbocycles. The van der Waals surface area contributed by atoms with Crippen LogP contribution in [0.25, 0.3) is 0 Å². The second kappa shape index (κ2) is 7.08. The lowest BCUT2D eigenvalue weighted by Gasteiger charge is -2.18. The average Bonchev–Trinajstić information content (AvgIpc) is 3.21. The largest absolute Gasteiger partial charge is 0.477 e. The van der Waals surface area contributed by atoms with Crippen molar-refractivity contribution in [3.8, 4) is 0 Å². The summed E-state index contributed by atoms with van der Waals surface area (Å²) in [6.45, 7) is 1.70. The number of carboxylic acids is 1. The summed E-state index contributed by atoms with van der Waals surface area (Å²) in [5, 5.41) is 9.04. The number of nitrogens with one attached hydrogen (secondary N) is 1. The highest BCUT2D eigenvalue weighted by Crippen LogP contribution is 2.24. The summed E-state index contributed by atoms with van der Waals surface area (Å²) in [7, 11) is -2.29. The van der Waals surface area contributed by atoms with E-state index < -0.39 is 16.0 Å². The fourth-order valence-corrected chi connectivity index (χ4v) is 4.28. The minimum Gasteiger partial charge on any atom is -0.477 e. The molecule has 1 aromatic heterocycles. The van der Waals surface area contributed by atoms with Crippen molar-refractivity contribution in [3.63, 3.8) is 0 Å². The van der Waals surface area contributed by atoms with E-state index in [-0.39, 0.29) is 28.9 Å². The number of benzene rings is 1. The third-order valence-corrected chi connectivity index (χ3v) is 5.94. The standard InChI is InChI=1S/C17H20FN3O4S/c1-20-11-15(8-16(20)17(22)23)26(24,25)19-9-12-6-7-21(10-12)14-4-2-13(18)3-5-14/h2-5,8,11-12,19H,6-7,9-10H2,1H3,(H,22,23). The summed E-state index contributed by atoms with van der Waals surface area (Å²) in [5.41, 5.74) is 0.819. The monoisotopic (exact) mass is 381 g/mol. The third-order valence-electron chi connectivity index (χ3n) is 4.55. The SMILES string of the molecule is Cn1cc(S(=O)(=O)NCC2CCN(c3ccc(F)cc3)C2)cc1C(=O)O. The molecule has 1 aliphatic heterocycles. The number of sulfonamides is 1. The number of aromatic carboxylic acids is 1. The first-order chi connectivity index (χ1) is 12.3. The van der Waals surface area contributed by atoms with Crippen LogP contribution in [0.4, 0.5) is 10.1 Å². The molecule has 140 valence electrons. The molecule has 0 radical (unpaired) electrons. The van der Waals surface area contributed by atoms with Crippen LogP contribution < -0.4 is 9.62 Å². The lowest BCUT2D eigenvalue weighted by atomic mass is 10.1. The number of rotatable bonds is 6. The van der Waals surface area contributed by atoms with E-state index in [0.29, 0.717) is 6.54 Å². The van der Waals surface area contributed by atoms with Gasteiger partial charge in [-0.3, -0.25) is 0 Å². The van der Waals surface area contributed by atoms with E-state index in [0.717, 1.165) is 24.7 Å². The number of anilines is 1. The van der Waals surface area contributed by atoms with Gasteiger partial charge in [-0.1, -0.05) is 0 Å². The molecule has 1 saturated heterocycles. The normalized spacial score (nSPS) is 17.6.